The summed E-state index contributed by atoms with van der Waals surface area (Å²) in [5.41, 5.74) is 3.45. The molecule has 4 rings (SSSR count). The number of thioether (sulfide) groups is 1. The first kappa shape index (κ1) is 17.1. The summed E-state index contributed by atoms with van der Waals surface area (Å²) in [4.78, 5) is 0. The maximum Gasteiger partial charge on any atom is 0.134 e. The van der Waals surface area contributed by atoms with Crippen LogP contribution in [0.1, 0.15) is 11.1 Å². The zero-order valence-electron chi connectivity index (χ0n) is 14.3. The van der Waals surface area contributed by atoms with Gasteiger partial charge >= 0.3 is 0 Å². The van der Waals surface area contributed by atoms with Crippen molar-refractivity contribution in [3.8, 4) is 0 Å². The molecule has 0 fully saturated rings. The van der Waals surface area contributed by atoms with E-state index in [1.807, 2.05) is 24.5 Å². The van der Waals surface area contributed by atoms with Crippen LogP contribution in [0.4, 0.5) is 0 Å². The zero-order valence-corrected chi connectivity index (χ0v) is 15.9. The fraction of sp³-hybridized carbons (Fsp3) is 0.136. The van der Waals surface area contributed by atoms with Crippen molar-refractivity contribution in [3.05, 3.63) is 84.1 Å². The Morgan fingerprint density at radius 1 is 0.962 bits per heavy atom. The van der Waals surface area contributed by atoms with Gasteiger partial charge in [0, 0.05) is 17.7 Å². The van der Waals surface area contributed by atoms with Crippen LogP contribution < -0.4 is 5.32 Å². The summed E-state index contributed by atoms with van der Waals surface area (Å²) in [6, 6.07) is 23.1. The van der Waals surface area contributed by atoms with Gasteiger partial charge in [-0.25, -0.2) is 0 Å². The van der Waals surface area contributed by atoms with E-state index >= 15 is 0 Å². The predicted octanol–water partition coefficient (Wildman–Crippen LogP) is 5.94. The maximum atomic E-state index is 5.58. The van der Waals surface area contributed by atoms with E-state index in [4.69, 9.17) is 16.6 Å². The molecule has 1 aromatic heterocycles. The lowest BCUT2D eigenvalue weighted by atomic mass is 10.1. The van der Waals surface area contributed by atoms with Gasteiger partial charge in [-0.15, -0.1) is 0 Å². The molecule has 0 bridgehead atoms. The van der Waals surface area contributed by atoms with Gasteiger partial charge in [-0.1, -0.05) is 84.6 Å². The number of furan rings is 1. The van der Waals surface area contributed by atoms with E-state index in [0.29, 0.717) is 0 Å². The Kier molecular flexibility index (Phi) is 5.23. The minimum absolute atomic E-state index is 0.813. The van der Waals surface area contributed by atoms with E-state index in [1.165, 1.54) is 27.3 Å². The highest BCUT2D eigenvalue weighted by Gasteiger charge is 2.05. The number of hydrogen-bond acceptors (Lipinski definition) is 3. The Balaban J connectivity index is 1.28. The first-order chi connectivity index (χ1) is 12.8. The molecule has 4 heteroatoms. The minimum atomic E-state index is 0.813. The summed E-state index contributed by atoms with van der Waals surface area (Å²) in [7, 11) is 0. The van der Waals surface area contributed by atoms with E-state index in [-0.39, 0.29) is 0 Å². The Bertz CT molecular complexity index is 1050. The van der Waals surface area contributed by atoms with Crippen LogP contribution in [0.3, 0.4) is 0 Å². The zero-order chi connectivity index (χ0) is 17.8. The second-order valence-corrected chi connectivity index (χ2v) is 7.84. The molecule has 26 heavy (non-hydrogen) atoms. The van der Waals surface area contributed by atoms with Crippen LogP contribution in [-0.4, -0.2) is 10.9 Å². The Morgan fingerprint density at radius 3 is 2.69 bits per heavy atom. The van der Waals surface area contributed by atoms with Crippen LogP contribution in [0.2, 0.25) is 0 Å². The fourth-order valence-electron chi connectivity index (χ4n) is 3.05. The summed E-state index contributed by atoms with van der Waals surface area (Å²) in [6.07, 6.45) is 2.74. The van der Waals surface area contributed by atoms with Crippen LogP contribution in [0.15, 0.2) is 77.4 Å². The van der Waals surface area contributed by atoms with Crippen LogP contribution in [-0.2, 0) is 12.2 Å². The summed E-state index contributed by atoms with van der Waals surface area (Å²) < 4.78 is 6.42. The van der Waals surface area contributed by atoms with Gasteiger partial charge in [0.1, 0.15) is 9.90 Å². The maximum absolute atomic E-state index is 5.58. The van der Waals surface area contributed by atoms with Crippen molar-refractivity contribution in [1.82, 2.24) is 5.32 Å². The number of thiocarbonyl (C=S) groups is 1. The molecule has 0 saturated heterocycles. The van der Waals surface area contributed by atoms with Gasteiger partial charge in [0.05, 0.1) is 6.26 Å². The van der Waals surface area contributed by atoms with Crippen LogP contribution in [0, 0.1) is 0 Å². The highest BCUT2D eigenvalue weighted by Crippen LogP contribution is 2.22. The highest BCUT2D eigenvalue weighted by molar-refractivity contribution is 8.22. The Hall–Kier alpha value is -2.30. The SMILES string of the molecule is S=C(NCCc1coc2ccccc12)SCc1ccc2ccccc2c1. The quantitative estimate of drug-likeness (QED) is 0.435. The first-order valence-corrected chi connectivity index (χ1v) is 10.0. The molecule has 0 unspecified atom stereocenters. The van der Waals surface area contributed by atoms with E-state index in [0.717, 1.165) is 28.6 Å². The molecule has 0 aliphatic carbocycles. The van der Waals surface area contributed by atoms with Gasteiger partial charge in [0.2, 0.25) is 0 Å². The van der Waals surface area contributed by atoms with Gasteiger partial charge in [0.25, 0.3) is 0 Å². The average Bonchev–Trinajstić information content (AvgIpc) is 3.09. The van der Waals surface area contributed by atoms with Gasteiger partial charge in [-0.05, 0) is 34.4 Å². The van der Waals surface area contributed by atoms with Crippen molar-refractivity contribution in [3.63, 3.8) is 0 Å². The molecule has 1 N–H and O–H groups in total. The second kappa shape index (κ2) is 7.94. The molecule has 3 aromatic carbocycles. The molecule has 2 nitrogen and oxygen atoms in total. The Morgan fingerprint density at radius 2 is 1.77 bits per heavy atom. The monoisotopic (exact) mass is 377 g/mol. The molecule has 0 radical (unpaired) electrons. The van der Waals surface area contributed by atoms with Crippen molar-refractivity contribution in [2.75, 3.05) is 6.54 Å². The summed E-state index contributed by atoms with van der Waals surface area (Å²) in [5, 5.41) is 7.08. The molecular formula is C22H19NOS2. The largest absolute Gasteiger partial charge is 0.464 e. The smallest absolute Gasteiger partial charge is 0.134 e. The third kappa shape index (κ3) is 3.92. The number of para-hydroxylation sites is 1. The number of fused-ring (bicyclic) bond motifs is 2. The van der Waals surface area contributed by atoms with Crippen LogP contribution >= 0.6 is 24.0 Å². The lowest BCUT2D eigenvalue weighted by molar-refractivity contribution is 0.609. The van der Waals surface area contributed by atoms with Crippen molar-refractivity contribution in [2.45, 2.75) is 12.2 Å². The average molecular weight is 378 g/mol. The molecule has 1 heterocycles. The van der Waals surface area contributed by atoms with Crippen molar-refractivity contribution in [1.29, 1.82) is 0 Å². The Labute approximate surface area is 162 Å². The van der Waals surface area contributed by atoms with Gasteiger partial charge in [0.15, 0.2) is 0 Å². The molecule has 0 atom stereocenters. The summed E-state index contributed by atoms with van der Waals surface area (Å²) in [5.74, 6) is 0.880. The van der Waals surface area contributed by atoms with Crippen molar-refractivity contribution in [2.24, 2.45) is 0 Å². The van der Waals surface area contributed by atoms with E-state index in [2.05, 4.69) is 53.8 Å². The number of rotatable bonds is 5. The molecule has 0 aliphatic heterocycles. The molecule has 0 amide bonds. The van der Waals surface area contributed by atoms with Gasteiger partial charge in [-0.2, -0.15) is 0 Å². The number of hydrogen-bond donors (Lipinski definition) is 1. The predicted molar refractivity (Wildman–Crippen MR) is 116 cm³/mol. The second-order valence-electron chi connectivity index (χ2n) is 6.19. The molecule has 4 aromatic rings. The number of benzene rings is 3. The minimum Gasteiger partial charge on any atom is -0.464 e. The first-order valence-electron chi connectivity index (χ1n) is 8.63. The lowest BCUT2D eigenvalue weighted by Gasteiger charge is -2.08. The van der Waals surface area contributed by atoms with Crippen LogP contribution in [0.5, 0.6) is 0 Å². The van der Waals surface area contributed by atoms with Crippen molar-refractivity contribution < 1.29 is 4.42 Å². The standard InChI is InChI=1S/C22H19NOS2/c25-22(23-12-11-19-14-24-21-8-4-3-7-20(19)21)26-15-16-9-10-17-5-1-2-6-18(17)13-16/h1-10,13-14H,11-12,15H2,(H,23,25). The van der Waals surface area contributed by atoms with Crippen LogP contribution in [0.25, 0.3) is 21.7 Å². The summed E-state index contributed by atoms with van der Waals surface area (Å²) >= 11 is 7.14. The lowest BCUT2D eigenvalue weighted by Crippen LogP contribution is -2.21. The van der Waals surface area contributed by atoms with Crippen molar-refractivity contribution >= 4 is 50.0 Å². The van der Waals surface area contributed by atoms with E-state index < -0.39 is 0 Å². The fourth-order valence-corrected chi connectivity index (χ4v) is 4.01. The summed E-state index contributed by atoms with van der Waals surface area (Å²) in [6.45, 7) is 0.813. The highest BCUT2D eigenvalue weighted by atomic mass is 32.2. The molecule has 0 aliphatic rings. The molecule has 130 valence electrons. The molecule has 0 spiro atoms. The van der Waals surface area contributed by atoms with E-state index in [1.54, 1.807) is 11.8 Å². The van der Waals surface area contributed by atoms with E-state index in [9.17, 15) is 0 Å². The number of nitrogens with one attached hydrogen (secondary N) is 1. The van der Waals surface area contributed by atoms with Gasteiger partial charge < -0.3 is 9.73 Å². The van der Waals surface area contributed by atoms with Gasteiger partial charge in [-0.3, -0.25) is 0 Å². The molecular weight excluding hydrogens is 358 g/mol. The third-order valence-corrected chi connectivity index (χ3v) is 5.79. The topological polar surface area (TPSA) is 25.2 Å². The third-order valence-electron chi connectivity index (χ3n) is 4.41. The molecule has 0 saturated carbocycles. The normalized spacial score (nSPS) is 11.1.